The van der Waals surface area contributed by atoms with Crippen LogP contribution >= 0.6 is 12.2 Å². The maximum Gasteiger partial charge on any atom is 0.286 e. The lowest BCUT2D eigenvalue weighted by Crippen LogP contribution is -1.90. The van der Waals surface area contributed by atoms with Crippen LogP contribution in [-0.2, 0) is 13.5 Å². The largest absolute Gasteiger partial charge is 0.414 e. The van der Waals surface area contributed by atoms with Crippen molar-refractivity contribution in [3.63, 3.8) is 0 Å². The zero-order valence-electron chi connectivity index (χ0n) is 5.42. The molecule has 0 aliphatic heterocycles. The second-order valence-corrected chi connectivity index (χ2v) is 2.09. The van der Waals surface area contributed by atoms with E-state index in [0.717, 1.165) is 6.42 Å². The molecule has 0 aliphatic carbocycles. The summed E-state index contributed by atoms with van der Waals surface area (Å²) >= 11 is 4.77. The molecule has 0 atom stereocenters. The Hall–Kier alpha value is -0.640. The van der Waals surface area contributed by atoms with Crippen molar-refractivity contribution in [2.75, 3.05) is 0 Å². The summed E-state index contributed by atoms with van der Waals surface area (Å²) in [5, 5.41) is 3.97. The fourth-order valence-electron chi connectivity index (χ4n) is 0.538. The minimum Gasteiger partial charge on any atom is -0.414 e. The molecule has 9 heavy (non-hydrogen) atoms. The molecule has 1 rings (SSSR count). The van der Waals surface area contributed by atoms with Crippen molar-refractivity contribution in [3.8, 4) is 0 Å². The Morgan fingerprint density at radius 3 is 2.67 bits per heavy atom. The van der Waals surface area contributed by atoms with Crippen molar-refractivity contribution in [2.24, 2.45) is 7.05 Å². The lowest BCUT2D eigenvalue weighted by atomic mass is 10.5. The van der Waals surface area contributed by atoms with Crippen LogP contribution in [0.15, 0.2) is 4.42 Å². The fourth-order valence-corrected chi connectivity index (χ4v) is 0.675. The van der Waals surface area contributed by atoms with Gasteiger partial charge in [-0.3, -0.25) is 0 Å². The highest BCUT2D eigenvalue weighted by Crippen LogP contribution is 1.96. The molecule has 1 aromatic heterocycles. The Bertz CT molecular complexity index is 250. The Balaban J connectivity index is 3.13. The Labute approximate surface area is 58.3 Å². The average Bonchev–Trinajstić information content (AvgIpc) is 2.13. The highest BCUT2D eigenvalue weighted by molar-refractivity contribution is 7.71. The zero-order valence-corrected chi connectivity index (χ0v) is 6.23. The van der Waals surface area contributed by atoms with E-state index in [0.29, 0.717) is 10.7 Å². The van der Waals surface area contributed by atoms with E-state index < -0.39 is 0 Å². The van der Waals surface area contributed by atoms with E-state index in [2.05, 4.69) is 5.10 Å². The zero-order chi connectivity index (χ0) is 6.85. The highest BCUT2D eigenvalue weighted by atomic mass is 32.1. The van der Waals surface area contributed by atoms with Gasteiger partial charge in [0.15, 0.2) is 0 Å². The second-order valence-electron chi connectivity index (χ2n) is 1.74. The first-order chi connectivity index (χ1) is 4.24. The maximum absolute atomic E-state index is 5.03. The minimum absolute atomic E-state index is 0.437. The number of aryl methyl sites for hydroxylation is 2. The summed E-state index contributed by atoms with van der Waals surface area (Å²) < 4.78 is 6.58. The normalized spacial score (nSPS) is 10.0. The molecule has 0 spiro atoms. The van der Waals surface area contributed by atoms with E-state index in [1.54, 1.807) is 11.7 Å². The van der Waals surface area contributed by atoms with Gasteiger partial charge in [-0.2, -0.15) is 0 Å². The third kappa shape index (κ3) is 1.18. The molecule has 1 heterocycles. The molecular weight excluding hydrogens is 136 g/mol. The van der Waals surface area contributed by atoms with Crippen molar-refractivity contribution >= 4 is 12.2 Å². The molecule has 0 saturated heterocycles. The molecule has 4 heteroatoms. The van der Waals surface area contributed by atoms with Gasteiger partial charge in [-0.15, -0.1) is 5.10 Å². The van der Waals surface area contributed by atoms with Crippen LogP contribution in [0.5, 0.6) is 0 Å². The van der Waals surface area contributed by atoms with E-state index >= 15 is 0 Å². The van der Waals surface area contributed by atoms with Crippen LogP contribution in [0.3, 0.4) is 0 Å². The van der Waals surface area contributed by atoms with Crippen molar-refractivity contribution < 1.29 is 4.42 Å². The summed E-state index contributed by atoms with van der Waals surface area (Å²) in [6.45, 7) is 1.97. The van der Waals surface area contributed by atoms with E-state index in [1.165, 1.54) is 0 Å². The van der Waals surface area contributed by atoms with Crippen LogP contribution in [0.2, 0.25) is 0 Å². The SMILES string of the molecule is CCc1nn(C)c(=S)o1. The first kappa shape index (κ1) is 6.48. The van der Waals surface area contributed by atoms with Gasteiger partial charge < -0.3 is 4.42 Å². The predicted octanol–water partition coefficient (Wildman–Crippen LogP) is 1.30. The molecular formula is C5H8N2OS. The van der Waals surface area contributed by atoms with Gasteiger partial charge >= 0.3 is 0 Å². The van der Waals surface area contributed by atoms with Crippen LogP contribution in [0.1, 0.15) is 12.8 Å². The van der Waals surface area contributed by atoms with E-state index in [-0.39, 0.29) is 0 Å². The van der Waals surface area contributed by atoms with Gasteiger partial charge in [-0.1, -0.05) is 6.92 Å². The first-order valence-electron chi connectivity index (χ1n) is 2.77. The van der Waals surface area contributed by atoms with E-state index in [4.69, 9.17) is 16.6 Å². The molecule has 0 N–H and O–H groups in total. The summed E-state index contributed by atoms with van der Waals surface area (Å²) in [4.78, 5) is 0.437. The van der Waals surface area contributed by atoms with E-state index in [9.17, 15) is 0 Å². The summed E-state index contributed by atoms with van der Waals surface area (Å²) in [5.74, 6) is 0.697. The van der Waals surface area contributed by atoms with E-state index in [1.807, 2.05) is 6.92 Å². The van der Waals surface area contributed by atoms with Gasteiger partial charge in [0.05, 0.1) is 0 Å². The van der Waals surface area contributed by atoms with Gasteiger partial charge in [0.25, 0.3) is 4.84 Å². The number of rotatable bonds is 1. The van der Waals surface area contributed by atoms with Gasteiger partial charge in [0.2, 0.25) is 5.89 Å². The lowest BCUT2D eigenvalue weighted by Gasteiger charge is -1.78. The maximum atomic E-state index is 5.03. The molecule has 0 fully saturated rings. The van der Waals surface area contributed by atoms with Crippen molar-refractivity contribution in [3.05, 3.63) is 10.7 Å². The molecule has 0 saturated carbocycles. The van der Waals surface area contributed by atoms with Crippen LogP contribution < -0.4 is 0 Å². The first-order valence-corrected chi connectivity index (χ1v) is 3.18. The summed E-state index contributed by atoms with van der Waals surface area (Å²) in [6.07, 6.45) is 0.796. The molecule has 0 unspecified atom stereocenters. The number of hydrogen-bond acceptors (Lipinski definition) is 3. The number of hydrogen-bond donors (Lipinski definition) is 0. The van der Waals surface area contributed by atoms with Crippen molar-refractivity contribution in [2.45, 2.75) is 13.3 Å². The third-order valence-electron chi connectivity index (χ3n) is 1.03. The molecule has 1 aromatic rings. The monoisotopic (exact) mass is 144 g/mol. The quantitative estimate of drug-likeness (QED) is 0.557. The van der Waals surface area contributed by atoms with Gasteiger partial charge in [-0.05, 0) is 12.2 Å². The topological polar surface area (TPSA) is 31.0 Å². The lowest BCUT2D eigenvalue weighted by molar-refractivity contribution is 0.481. The molecule has 50 valence electrons. The number of aromatic nitrogens is 2. The Morgan fingerprint density at radius 1 is 1.78 bits per heavy atom. The van der Waals surface area contributed by atoms with Gasteiger partial charge in [0, 0.05) is 13.5 Å². The van der Waals surface area contributed by atoms with Crippen molar-refractivity contribution in [1.82, 2.24) is 9.78 Å². The molecule has 0 aromatic carbocycles. The molecule has 0 radical (unpaired) electrons. The summed E-state index contributed by atoms with van der Waals surface area (Å²) in [7, 11) is 1.77. The minimum atomic E-state index is 0.437. The highest BCUT2D eigenvalue weighted by Gasteiger charge is 1.96. The van der Waals surface area contributed by atoms with Gasteiger partial charge in [0.1, 0.15) is 0 Å². The van der Waals surface area contributed by atoms with Crippen LogP contribution in [0.4, 0.5) is 0 Å². The average molecular weight is 144 g/mol. The molecule has 0 bridgehead atoms. The third-order valence-corrected chi connectivity index (χ3v) is 1.38. The Kier molecular flexibility index (Phi) is 1.66. The van der Waals surface area contributed by atoms with Crippen LogP contribution in [0.25, 0.3) is 0 Å². The van der Waals surface area contributed by atoms with Crippen LogP contribution in [0, 0.1) is 4.84 Å². The Morgan fingerprint density at radius 2 is 2.44 bits per heavy atom. The molecule has 0 amide bonds. The number of nitrogens with zero attached hydrogens (tertiary/aromatic N) is 2. The smallest absolute Gasteiger partial charge is 0.286 e. The molecule has 0 aliphatic rings. The van der Waals surface area contributed by atoms with Crippen molar-refractivity contribution in [1.29, 1.82) is 0 Å². The van der Waals surface area contributed by atoms with Gasteiger partial charge in [-0.25, -0.2) is 4.68 Å². The second kappa shape index (κ2) is 2.31. The fraction of sp³-hybridized carbons (Fsp3) is 0.600. The summed E-state index contributed by atoms with van der Waals surface area (Å²) in [5.41, 5.74) is 0. The predicted molar refractivity (Wildman–Crippen MR) is 35.7 cm³/mol. The standard InChI is InChI=1S/C5H8N2OS/c1-3-4-6-7(2)5(9)8-4/h3H2,1-2H3. The summed E-state index contributed by atoms with van der Waals surface area (Å²) in [6, 6.07) is 0. The molecule has 3 nitrogen and oxygen atoms in total. The van der Waals surface area contributed by atoms with Crippen LogP contribution in [-0.4, -0.2) is 9.78 Å².